The number of pyridine rings is 1. The predicted octanol–water partition coefficient (Wildman–Crippen LogP) is 4.96. The van der Waals surface area contributed by atoms with Crippen LogP contribution in [0.3, 0.4) is 0 Å². The summed E-state index contributed by atoms with van der Waals surface area (Å²) < 4.78 is 10.8. The molecule has 0 saturated carbocycles. The van der Waals surface area contributed by atoms with Crippen molar-refractivity contribution in [2.45, 2.75) is 66.0 Å². The average molecular weight is 522 g/mol. The van der Waals surface area contributed by atoms with Crippen molar-refractivity contribution in [2.75, 3.05) is 20.2 Å². The zero-order valence-electron chi connectivity index (χ0n) is 23.0. The van der Waals surface area contributed by atoms with Crippen LogP contribution in [0.4, 0.5) is 4.79 Å². The standard InChI is InChI=1S/C26H29N5O5.C2H6/c1-14-6-9-27-22(35-5)20(14)21-28-18-12-16-17(13-19(18)29-21)24(33)31(23(16)32)15-7-10-30(11-8-15)25(34)36-26(2,3)4;1-2/h6,9,12-13,15H,7-8,10-11H2,1-5H3,(H,28,29);1-2H3. The molecule has 38 heavy (non-hydrogen) atoms. The Kier molecular flexibility index (Phi) is 7.44. The van der Waals surface area contributed by atoms with Crippen molar-refractivity contribution in [1.82, 2.24) is 24.8 Å². The van der Waals surface area contributed by atoms with Crippen LogP contribution in [0, 0.1) is 6.92 Å². The molecular weight excluding hydrogens is 486 g/mol. The van der Waals surface area contributed by atoms with E-state index in [4.69, 9.17) is 9.47 Å². The summed E-state index contributed by atoms with van der Waals surface area (Å²) in [4.78, 5) is 54.2. The van der Waals surface area contributed by atoms with Gasteiger partial charge in [-0.25, -0.2) is 14.8 Å². The number of benzene rings is 1. The number of aromatic nitrogens is 3. The Balaban J connectivity index is 0.00000164. The van der Waals surface area contributed by atoms with E-state index in [0.29, 0.717) is 59.8 Å². The van der Waals surface area contributed by atoms with Crippen molar-refractivity contribution in [3.63, 3.8) is 0 Å². The first kappa shape index (κ1) is 27.1. The summed E-state index contributed by atoms with van der Waals surface area (Å²) in [5.74, 6) is 0.353. The van der Waals surface area contributed by atoms with Crippen molar-refractivity contribution in [2.24, 2.45) is 0 Å². The van der Waals surface area contributed by atoms with Crippen molar-refractivity contribution in [3.05, 3.63) is 41.1 Å². The molecule has 0 bridgehead atoms. The van der Waals surface area contributed by atoms with Gasteiger partial charge in [-0.05, 0) is 64.3 Å². The van der Waals surface area contributed by atoms with Crippen LogP contribution in [0.15, 0.2) is 24.4 Å². The molecule has 0 radical (unpaired) electrons. The number of ether oxygens (including phenoxy) is 2. The van der Waals surface area contributed by atoms with E-state index in [-0.39, 0.29) is 23.9 Å². The molecule has 2 aromatic heterocycles. The lowest BCUT2D eigenvalue weighted by atomic mass is 10.0. The molecule has 0 aliphatic carbocycles. The highest BCUT2D eigenvalue weighted by atomic mass is 16.6. The molecule has 4 heterocycles. The van der Waals surface area contributed by atoms with E-state index in [1.807, 2.05) is 47.6 Å². The Morgan fingerprint density at radius 1 is 1.08 bits per heavy atom. The van der Waals surface area contributed by atoms with Crippen LogP contribution in [0.2, 0.25) is 0 Å². The number of likely N-dealkylation sites (tertiary alicyclic amines) is 1. The molecule has 2 aliphatic rings. The summed E-state index contributed by atoms with van der Waals surface area (Å²) in [6, 6.07) is 4.94. The predicted molar refractivity (Wildman–Crippen MR) is 143 cm³/mol. The number of fused-ring (bicyclic) bond motifs is 2. The SMILES string of the molecule is CC.COc1nccc(C)c1-c1nc2cc3c(cc2[nH]1)C(=O)N(C1CCN(C(=O)OC(C)(C)C)CC1)C3=O. The molecule has 1 fully saturated rings. The number of rotatable bonds is 3. The van der Waals surface area contributed by atoms with Gasteiger partial charge in [0.1, 0.15) is 11.4 Å². The van der Waals surface area contributed by atoms with Gasteiger partial charge in [-0.3, -0.25) is 14.5 Å². The van der Waals surface area contributed by atoms with E-state index in [1.54, 1.807) is 30.3 Å². The van der Waals surface area contributed by atoms with Crippen LogP contribution in [-0.2, 0) is 4.74 Å². The molecule has 0 spiro atoms. The first-order valence-corrected chi connectivity index (χ1v) is 13.0. The molecule has 1 N–H and O–H groups in total. The summed E-state index contributed by atoms with van der Waals surface area (Å²) in [6.07, 6.45) is 2.30. The molecule has 2 aliphatic heterocycles. The van der Waals surface area contributed by atoms with E-state index in [9.17, 15) is 14.4 Å². The Morgan fingerprint density at radius 3 is 2.32 bits per heavy atom. The normalized spacial score (nSPS) is 15.9. The molecule has 10 nitrogen and oxygen atoms in total. The van der Waals surface area contributed by atoms with E-state index >= 15 is 0 Å². The number of piperidine rings is 1. The molecule has 0 unspecified atom stereocenters. The quantitative estimate of drug-likeness (QED) is 0.484. The van der Waals surface area contributed by atoms with Crippen molar-refractivity contribution < 1.29 is 23.9 Å². The van der Waals surface area contributed by atoms with Gasteiger partial charge in [0, 0.05) is 25.3 Å². The lowest BCUT2D eigenvalue weighted by Crippen LogP contribution is -2.49. The minimum absolute atomic E-state index is 0.278. The zero-order valence-corrected chi connectivity index (χ0v) is 23.0. The summed E-state index contributed by atoms with van der Waals surface area (Å²) in [5.41, 5.74) is 3.02. The smallest absolute Gasteiger partial charge is 0.410 e. The fourth-order valence-electron chi connectivity index (χ4n) is 4.82. The van der Waals surface area contributed by atoms with E-state index in [1.165, 1.54) is 4.90 Å². The highest BCUT2D eigenvalue weighted by Crippen LogP contribution is 2.34. The van der Waals surface area contributed by atoms with Crippen LogP contribution in [0.25, 0.3) is 22.4 Å². The third-order valence-electron chi connectivity index (χ3n) is 6.56. The second-order valence-electron chi connectivity index (χ2n) is 10.2. The molecule has 3 aromatic rings. The number of nitrogens with zero attached hydrogens (tertiary/aromatic N) is 4. The number of aromatic amines is 1. The van der Waals surface area contributed by atoms with Gasteiger partial charge >= 0.3 is 6.09 Å². The third-order valence-corrected chi connectivity index (χ3v) is 6.56. The number of methoxy groups -OCH3 is 1. The van der Waals surface area contributed by atoms with Gasteiger partial charge in [-0.15, -0.1) is 0 Å². The van der Waals surface area contributed by atoms with Crippen LogP contribution >= 0.6 is 0 Å². The number of carbonyl (C=O) groups excluding carboxylic acids is 3. The van der Waals surface area contributed by atoms with Crippen molar-refractivity contribution in [1.29, 1.82) is 0 Å². The summed E-state index contributed by atoms with van der Waals surface area (Å²) in [6.45, 7) is 12.2. The monoisotopic (exact) mass is 521 g/mol. The maximum atomic E-state index is 13.3. The highest BCUT2D eigenvalue weighted by molar-refractivity contribution is 6.23. The maximum Gasteiger partial charge on any atom is 0.410 e. The van der Waals surface area contributed by atoms with Gasteiger partial charge in [0.2, 0.25) is 5.88 Å². The molecular formula is C28H35N5O5. The fraction of sp³-hybridized carbons (Fsp3) is 0.464. The number of imide groups is 1. The average Bonchev–Trinajstić information content (AvgIpc) is 3.40. The number of carbonyl (C=O) groups is 3. The topological polar surface area (TPSA) is 118 Å². The van der Waals surface area contributed by atoms with Crippen molar-refractivity contribution in [3.8, 4) is 17.3 Å². The third kappa shape index (κ3) is 4.94. The molecule has 202 valence electrons. The van der Waals surface area contributed by atoms with E-state index in [0.717, 1.165) is 11.1 Å². The Bertz CT molecular complexity index is 1330. The van der Waals surface area contributed by atoms with Gasteiger partial charge in [-0.2, -0.15) is 0 Å². The largest absolute Gasteiger partial charge is 0.480 e. The number of imidazole rings is 1. The molecule has 1 aromatic carbocycles. The fourth-order valence-corrected chi connectivity index (χ4v) is 4.82. The van der Waals surface area contributed by atoms with Gasteiger partial charge in [0.25, 0.3) is 11.8 Å². The van der Waals surface area contributed by atoms with Gasteiger partial charge in [0.15, 0.2) is 0 Å². The highest BCUT2D eigenvalue weighted by Gasteiger charge is 2.42. The number of aryl methyl sites for hydroxylation is 1. The minimum Gasteiger partial charge on any atom is -0.480 e. The van der Waals surface area contributed by atoms with Gasteiger partial charge < -0.3 is 19.4 Å². The number of H-pyrrole nitrogens is 1. The Hall–Kier alpha value is -3.95. The Labute approximate surface area is 222 Å². The number of amides is 3. The second-order valence-corrected chi connectivity index (χ2v) is 10.2. The van der Waals surface area contributed by atoms with Crippen LogP contribution < -0.4 is 4.74 Å². The first-order valence-electron chi connectivity index (χ1n) is 13.0. The lowest BCUT2D eigenvalue weighted by molar-refractivity contribution is 0.0156. The van der Waals surface area contributed by atoms with Crippen LogP contribution in [0.5, 0.6) is 5.88 Å². The number of hydrogen-bond acceptors (Lipinski definition) is 7. The number of nitrogens with one attached hydrogen (secondary N) is 1. The molecule has 0 atom stereocenters. The summed E-state index contributed by atoms with van der Waals surface area (Å²) >= 11 is 0. The molecule has 3 amide bonds. The lowest BCUT2D eigenvalue weighted by Gasteiger charge is -2.36. The van der Waals surface area contributed by atoms with Crippen LogP contribution in [0.1, 0.15) is 73.7 Å². The summed E-state index contributed by atoms with van der Waals surface area (Å²) in [5, 5.41) is 0. The van der Waals surface area contributed by atoms with Crippen molar-refractivity contribution >= 4 is 28.9 Å². The zero-order chi connectivity index (χ0) is 27.8. The first-order chi connectivity index (χ1) is 18.1. The van der Waals surface area contributed by atoms with Gasteiger partial charge in [0.05, 0.1) is 34.8 Å². The molecule has 1 saturated heterocycles. The Morgan fingerprint density at radius 2 is 1.71 bits per heavy atom. The molecule has 10 heteroatoms. The maximum absolute atomic E-state index is 13.3. The summed E-state index contributed by atoms with van der Waals surface area (Å²) in [7, 11) is 1.55. The van der Waals surface area contributed by atoms with Gasteiger partial charge in [-0.1, -0.05) is 13.8 Å². The van der Waals surface area contributed by atoms with E-state index in [2.05, 4.69) is 15.0 Å². The molecule has 5 rings (SSSR count). The van der Waals surface area contributed by atoms with Crippen LogP contribution in [-0.4, -0.2) is 74.5 Å². The second kappa shape index (κ2) is 10.4. The van der Waals surface area contributed by atoms with E-state index < -0.39 is 5.60 Å². The number of hydrogen-bond donors (Lipinski definition) is 1. The minimum atomic E-state index is -0.575.